The molecule has 0 bridgehead atoms. The Balaban J connectivity index is 1.72. The summed E-state index contributed by atoms with van der Waals surface area (Å²) < 4.78 is 0. The first kappa shape index (κ1) is 29.6. The van der Waals surface area contributed by atoms with Crippen LogP contribution in [0.2, 0.25) is 5.02 Å². The molecule has 0 aromatic heterocycles. The Hall–Kier alpha value is -2.00. The van der Waals surface area contributed by atoms with Gasteiger partial charge in [0.1, 0.15) is 6.29 Å². The van der Waals surface area contributed by atoms with Crippen LogP contribution in [0.1, 0.15) is 70.4 Å². The van der Waals surface area contributed by atoms with Gasteiger partial charge in [0.25, 0.3) is 0 Å². The van der Waals surface area contributed by atoms with Crippen molar-refractivity contribution in [2.45, 2.75) is 76.9 Å². The van der Waals surface area contributed by atoms with Gasteiger partial charge in [-0.05, 0) is 77.9 Å². The summed E-state index contributed by atoms with van der Waals surface area (Å²) in [7, 11) is 3.96. The molecule has 2 fully saturated rings. The van der Waals surface area contributed by atoms with Crippen molar-refractivity contribution in [2.24, 2.45) is 17.1 Å². The molecular weight excluding hydrogens is 490 g/mol. The Morgan fingerprint density at radius 3 is 2.38 bits per heavy atom. The largest absolute Gasteiger partial charge is 0.334 e. The zero-order chi connectivity index (χ0) is 27.2. The van der Waals surface area contributed by atoms with E-state index in [2.05, 4.69) is 5.43 Å². The number of benzene rings is 1. The Labute approximate surface area is 226 Å². The van der Waals surface area contributed by atoms with Gasteiger partial charge >= 0.3 is 0 Å². The second-order valence-corrected chi connectivity index (χ2v) is 11.9. The zero-order valence-corrected chi connectivity index (χ0v) is 23.5. The number of carbonyl (C=O) groups is 3. The highest BCUT2D eigenvalue weighted by Gasteiger charge is 2.42. The Bertz CT molecular complexity index is 917. The smallest absolute Gasteiger partial charge is 0.239 e. The SMILES string of the molecule is CN(C)CC[C@@H](C(=O)NN1CC[C@H](N(C(=O)C(C)(C)C=O)C2CCCCC2)C1)C(N)c1ccc(Cl)cc1. The third-order valence-electron chi connectivity index (χ3n) is 7.79. The van der Waals surface area contributed by atoms with Gasteiger partial charge in [0.15, 0.2) is 0 Å². The highest BCUT2D eigenvalue weighted by Crippen LogP contribution is 2.31. The average molecular weight is 534 g/mol. The van der Waals surface area contributed by atoms with E-state index in [0.717, 1.165) is 50.5 Å². The van der Waals surface area contributed by atoms with E-state index in [1.165, 1.54) is 6.42 Å². The van der Waals surface area contributed by atoms with Crippen LogP contribution in [0.25, 0.3) is 0 Å². The zero-order valence-electron chi connectivity index (χ0n) is 22.8. The lowest BCUT2D eigenvalue weighted by Crippen LogP contribution is -2.54. The molecule has 206 valence electrons. The van der Waals surface area contributed by atoms with Crippen LogP contribution in [0.5, 0.6) is 0 Å². The molecule has 1 unspecified atom stereocenters. The van der Waals surface area contributed by atoms with E-state index in [-0.39, 0.29) is 23.9 Å². The van der Waals surface area contributed by atoms with Crippen molar-refractivity contribution in [3.63, 3.8) is 0 Å². The van der Waals surface area contributed by atoms with Gasteiger partial charge in [0.05, 0.1) is 11.3 Å². The normalized spacial score (nSPS) is 21.0. The number of nitrogens with zero attached hydrogens (tertiary/aromatic N) is 3. The van der Waals surface area contributed by atoms with E-state index in [4.69, 9.17) is 17.3 Å². The fraction of sp³-hybridized carbons (Fsp3) is 0.679. The Morgan fingerprint density at radius 2 is 1.78 bits per heavy atom. The van der Waals surface area contributed by atoms with Gasteiger partial charge in [-0.15, -0.1) is 0 Å². The third kappa shape index (κ3) is 7.76. The number of aldehydes is 1. The van der Waals surface area contributed by atoms with Crippen molar-refractivity contribution >= 4 is 29.7 Å². The van der Waals surface area contributed by atoms with Crippen molar-refractivity contribution < 1.29 is 14.4 Å². The minimum absolute atomic E-state index is 0.0414. The van der Waals surface area contributed by atoms with Gasteiger partial charge in [-0.25, -0.2) is 5.01 Å². The molecule has 1 saturated carbocycles. The first-order valence-corrected chi connectivity index (χ1v) is 13.9. The summed E-state index contributed by atoms with van der Waals surface area (Å²) in [6, 6.07) is 6.96. The van der Waals surface area contributed by atoms with Crippen molar-refractivity contribution in [3.05, 3.63) is 34.9 Å². The van der Waals surface area contributed by atoms with Crippen molar-refractivity contribution in [1.82, 2.24) is 20.2 Å². The van der Waals surface area contributed by atoms with Crippen LogP contribution in [0.15, 0.2) is 24.3 Å². The molecule has 1 aromatic carbocycles. The van der Waals surface area contributed by atoms with Crippen LogP contribution < -0.4 is 11.2 Å². The molecule has 1 aliphatic heterocycles. The summed E-state index contributed by atoms with van der Waals surface area (Å²) in [6.45, 7) is 5.30. The lowest BCUT2D eigenvalue weighted by Gasteiger charge is -2.41. The Morgan fingerprint density at radius 1 is 1.14 bits per heavy atom. The number of hydrazine groups is 1. The lowest BCUT2D eigenvalue weighted by molar-refractivity contribution is -0.148. The van der Waals surface area contributed by atoms with Crippen molar-refractivity contribution in [3.8, 4) is 0 Å². The van der Waals surface area contributed by atoms with E-state index in [1.807, 2.05) is 41.0 Å². The van der Waals surface area contributed by atoms with Crippen LogP contribution >= 0.6 is 11.6 Å². The summed E-state index contributed by atoms with van der Waals surface area (Å²) in [4.78, 5) is 42.7. The van der Waals surface area contributed by atoms with E-state index in [9.17, 15) is 14.4 Å². The minimum Gasteiger partial charge on any atom is -0.334 e. The highest BCUT2D eigenvalue weighted by atomic mass is 35.5. The molecule has 2 amide bonds. The van der Waals surface area contributed by atoms with E-state index < -0.39 is 17.4 Å². The summed E-state index contributed by atoms with van der Waals surface area (Å²) in [5.74, 6) is -0.650. The van der Waals surface area contributed by atoms with E-state index in [1.54, 1.807) is 26.0 Å². The van der Waals surface area contributed by atoms with Crippen LogP contribution in [0.3, 0.4) is 0 Å². The first-order chi connectivity index (χ1) is 17.5. The number of nitrogens with two attached hydrogens (primary N) is 1. The summed E-state index contributed by atoms with van der Waals surface area (Å²) >= 11 is 6.05. The topological polar surface area (TPSA) is 99.0 Å². The van der Waals surface area contributed by atoms with Gasteiger partial charge < -0.3 is 20.3 Å². The fourth-order valence-corrected chi connectivity index (χ4v) is 5.60. The molecule has 8 nitrogen and oxygen atoms in total. The number of hydrogen-bond donors (Lipinski definition) is 2. The quantitative estimate of drug-likeness (QED) is 0.334. The molecule has 1 aliphatic carbocycles. The minimum atomic E-state index is -1.06. The fourth-order valence-electron chi connectivity index (χ4n) is 5.47. The first-order valence-electron chi connectivity index (χ1n) is 13.5. The maximum absolute atomic E-state index is 13.5. The number of amides is 2. The summed E-state index contributed by atoms with van der Waals surface area (Å²) in [5.41, 5.74) is 9.52. The molecule has 2 aliphatic rings. The van der Waals surface area contributed by atoms with Gasteiger partial charge in [0, 0.05) is 36.2 Å². The molecule has 3 rings (SSSR count). The number of rotatable bonds is 11. The number of hydrogen-bond acceptors (Lipinski definition) is 6. The highest BCUT2D eigenvalue weighted by molar-refractivity contribution is 6.30. The van der Waals surface area contributed by atoms with Crippen LogP contribution in [0, 0.1) is 11.3 Å². The summed E-state index contributed by atoms with van der Waals surface area (Å²) in [5, 5.41) is 2.55. The predicted octanol–water partition coefficient (Wildman–Crippen LogP) is 3.40. The standard InChI is InChI=1S/C28H44ClN5O3/c1-28(2,19-35)27(37)34(22-8-6-5-7-9-22)23-14-17-33(18-23)31-26(36)24(15-16-32(3)4)25(30)20-10-12-21(29)13-11-20/h10-13,19,22-25H,5-9,14-18,30H2,1-4H3,(H,31,36)/t23-,24+,25?/m0/s1. The second-order valence-electron chi connectivity index (χ2n) is 11.5. The van der Waals surface area contributed by atoms with Gasteiger partial charge in [-0.2, -0.15) is 0 Å². The monoisotopic (exact) mass is 533 g/mol. The molecule has 37 heavy (non-hydrogen) atoms. The molecule has 3 N–H and O–H groups in total. The van der Waals surface area contributed by atoms with Gasteiger partial charge in [-0.3, -0.25) is 15.0 Å². The molecule has 1 aromatic rings. The molecule has 1 heterocycles. The van der Waals surface area contributed by atoms with E-state index >= 15 is 0 Å². The number of halogens is 1. The maximum Gasteiger partial charge on any atom is 0.239 e. The number of nitrogens with one attached hydrogen (secondary N) is 1. The van der Waals surface area contributed by atoms with Gasteiger partial charge in [-0.1, -0.05) is 43.0 Å². The second kappa shape index (κ2) is 13.2. The summed E-state index contributed by atoms with van der Waals surface area (Å²) in [6.07, 6.45) is 7.43. The Kier molecular flexibility index (Phi) is 10.5. The van der Waals surface area contributed by atoms with Crippen molar-refractivity contribution in [2.75, 3.05) is 33.7 Å². The maximum atomic E-state index is 13.5. The third-order valence-corrected chi connectivity index (χ3v) is 8.04. The van der Waals surface area contributed by atoms with Crippen molar-refractivity contribution in [1.29, 1.82) is 0 Å². The van der Waals surface area contributed by atoms with E-state index in [0.29, 0.717) is 24.5 Å². The molecule has 0 spiro atoms. The van der Waals surface area contributed by atoms with Crippen LogP contribution in [-0.2, 0) is 14.4 Å². The molecule has 3 atom stereocenters. The molecule has 9 heteroatoms. The van der Waals surface area contributed by atoms with Crippen LogP contribution in [-0.4, -0.2) is 78.7 Å². The molecule has 0 radical (unpaired) electrons. The predicted molar refractivity (Wildman–Crippen MR) is 147 cm³/mol. The van der Waals surface area contributed by atoms with Gasteiger partial charge in [0.2, 0.25) is 11.8 Å². The van der Waals surface area contributed by atoms with Crippen LogP contribution in [0.4, 0.5) is 0 Å². The number of carbonyl (C=O) groups excluding carboxylic acids is 3. The average Bonchev–Trinajstić information content (AvgIpc) is 3.32. The molecule has 1 saturated heterocycles. The lowest BCUT2D eigenvalue weighted by atomic mass is 9.88. The molecular formula is C28H44ClN5O3.